The average molecular weight is 536 g/mol. The van der Waals surface area contributed by atoms with E-state index in [9.17, 15) is 9.59 Å². The van der Waals surface area contributed by atoms with Crippen LogP contribution in [0.15, 0.2) is 58.7 Å². The number of halogens is 1. The van der Waals surface area contributed by atoms with E-state index in [1.807, 2.05) is 49.4 Å². The highest BCUT2D eigenvalue weighted by molar-refractivity contribution is 6.31. The van der Waals surface area contributed by atoms with Crippen molar-refractivity contribution < 1.29 is 23.8 Å². The van der Waals surface area contributed by atoms with Gasteiger partial charge in [-0.15, -0.1) is 0 Å². The van der Waals surface area contributed by atoms with Gasteiger partial charge < -0.3 is 14.2 Å². The summed E-state index contributed by atoms with van der Waals surface area (Å²) in [4.78, 5) is 32.4. The van der Waals surface area contributed by atoms with Crippen LogP contribution in [-0.2, 0) is 14.3 Å². The second-order valence-corrected chi connectivity index (χ2v) is 10.8. The van der Waals surface area contributed by atoms with Crippen LogP contribution in [0.3, 0.4) is 0 Å². The summed E-state index contributed by atoms with van der Waals surface area (Å²) < 4.78 is 16.9. The topological polar surface area (TPSA) is 74.2 Å². The first kappa shape index (κ1) is 26.5. The minimum Gasteiger partial charge on any atom is -0.493 e. The molecular formula is C31H34ClNO5. The Kier molecular flexibility index (Phi) is 7.89. The van der Waals surface area contributed by atoms with Crippen molar-refractivity contribution in [2.24, 2.45) is 10.9 Å². The van der Waals surface area contributed by atoms with Crippen molar-refractivity contribution in [1.82, 2.24) is 0 Å². The normalized spacial score (nSPS) is 23.9. The number of allylic oxidation sites excluding steroid dienone is 2. The number of ether oxygens (including phenoxy) is 3. The maximum absolute atomic E-state index is 13.9. The number of carbonyl (C=O) groups excluding carboxylic acids is 2. The molecule has 2 aromatic rings. The van der Waals surface area contributed by atoms with Gasteiger partial charge in [-0.3, -0.25) is 14.6 Å². The molecule has 2 aromatic carbocycles. The van der Waals surface area contributed by atoms with Crippen LogP contribution in [-0.4, -0.2) is 37.8 Å². The van der Waals surface area contributed by atoms with Gasteiger partial charge in [0.25, 0.3) is 0 Å². The second-order valence-electron chi connectivity index (χ2n) is 10.4. The summed E-state index contributed by atoms with van der Waals surface area (Å²) in [6, 6.07) is 13.2. The Bertz CT molecular complexity index is 1290. The largest absolute Gasteiger partial charge is 0.493 e. The van der Waals surface area contributed by atoms with Crippen molar-refractivity contribution in [1.29, 1.82) is 0 Å². The first-order valence-corrected chi connectivity index (χ1v) is 13.8. The Morgan fingerprint density at radius 1 is 0.974 bits per heavy atom. The SMILES string of the molecule is COc1ccc([C@H]2CC(=O)C3=C(C2)N=C(C)C(C(=O)OC2CCCCC2)[C@@H]3c2ccccc2Cl)cc1OC. The summed E-state index contributed by atoms with van der Waals surface area (Å²) in [6.45, 7) is 1.87. The fourth-order valence-corrected chi connectivity index (χ4v) is 6.44. The first-order valence-electron chi connectivity index (χ1n) is 13.4. The molecule has 0 bridgehead atoms. The molecule has 0 amide bonds. The molecule has 1 heterocycles. The van der Waals surface area contributed by atoms with Crippen LogP contribution in [0.25, 0.3) is 0 Å². The molecule has 0 radical (unpaired) electrons. The lowest BCUT2D eigenvalue weighted by Gasteiger charge is -2.37. The number of hydrogen-bond donors (Lipinski definition) is 0. The number of ketones is 1. The number of rotatable bonds is 6. The highest BCUT2D eigenvalue weighted by atomic mass is 35.5. The monoisotopic (exact) mass is 535 g/mol. The Labute approximate surface area is 229 Å². The molecule has 6 nitrogen and oxygen atoms in total. The predicted octanol–water partition coefficient (Wildman–Crippen LogP) is 6.81. The van der Waals surface area contributed by atoms with Gasteiger partial charge in [0.1, 0.15) is 12.0 Å². The lowest BCUT2D eigenvalue weighted by Crippen LogP contribution is -2.39. The Balaban J connectivity index is 1.52. The van der Waals surface area contributed by atoms with E-state index in [0.717, 1.165) is 42.5 Å². The van der Waals surface area contributed by atoms with Gasteiger partial charge in [-0.25, -0.2) is 0 Å². The molecule has 38 heavy (non-hydrogen) atoms. The molecule has 1 unspecified atom stereocenters. The van der Waals surface area contributed by atoms with Crippen LogP contribution < -0.4 is 9.47 Å². The van der Waals surface area contributed by atoms with Crippen molar-refractivity contribution in [3.05, 3.63) is 69.9 Å². The molecule has 3 aliphatic rings. The van der Waals surface area contributed by atoms with E-state index >= 15 is 0 Å². The molecule has 1 fully saturated rings. The van der Waals surface area contributed by atoms with E-state index in [1.54, 1.807) is 14.2 Å². The zero-order valence-corrected chi connectivity index (χ0v) is 22.9. The van der Waals surface area contributed by atoms with Crippen LogP contribution in [0.5, 0.6) is 11.5 Å². The molecule has 3 atom stereocenters. The van der Waals surface area contributed by atoms with Crippen LogP contribution in [0.1, 0.15) is 74.8 Å². The summed E-state index contributed by atoms with van der Waals surface area (Å²) in [5, 5.41) is 0.532. The molecule has 200 valence electrons. The third-order valence-corrected chi connectivity index (χ3v) is 8.44. The minimum atomic E-state index is -0.683. The molecule has 0 aromatic heterocycles. The number of nitrogens with zero attached hydrogens (tertiary/aromatic N) is 1. The Morgan fingerprint density at radius 2 is 1.71 bits per heavy atom. The maximum Gasteiger partial charge on any atom is 0.315 e. The third-order valence-electron chi connectivity index (χ3n) is 8.10. The molecule has 1 aliphatic heterocycles. The molecule has 0 N–H and O–H groups in total. The van der Waals surface area contributed by atoms with Crippen molar-refractivity contribution in [3.63, 3.8) is 0 Å². The Morgan fingerprint density at radius 3 is 2.42 bits per heavy atom. The van der Waals surface area contributed by atoms with E-state index in [4.69, 9.17) is 30.8 Å². The van der Waals surface area contributed by atoms with Gasteiger partial charge in [-0.2, -0.15) is 0 Å². The predicted molar refractivity (Wildman–Crippen MR) is 147 cm³/mol. The van der Waals surface area contributed by atoms with Crippen LogP contribution >= 0.6 is 11.6 Å². The number of methoxy groups -OCH3 is 2. The zero-order valence-electron chi connectivity index (χ0n) is 22.2. The second kappa shape index (κ2) is 11.3. The van der Waals surface area contributed by atoms with E-state index in [0.29, 0.717) is 40.6 Å². The van der Waals surface area contributed by atoms with E-state index in [2.05, 4.69) is 0 Å². The summed E-state index contributed by atoms with van der Waals surface area (Å²) >= 11 is 6.68. The molecule has 1 saturated carbocycles. The molecule has 5 rings (SSSR count). The van der Waals surface area contributed by atoms with E-state index in [1.165, 1.54) is 6.42 Å². The smallest absolute Gasteiger partial charge is 0.315 e. The minimum absolute atomic E-state index is 0.0114. The number of Topliss-reactive ketones (excluding diaryl/α,β-unsaturated/α-hetero) is 1. The summed E-state index contributed by atoms with van der Waals surface area (Å²) in [6.07, 6.45) is 5.88. The fraction of sp³-hybridized carbons (Fsp3) is 0.452. The van der Waals surface area contributed by atoms with Gasteiger partial charge >= 0.3 is 5.97 Å². The number of aliphatic imine (C=N–C) groups is 1. The maximum atomic E-state index is 13.9. The first-order chi connectivity index (χ1) is 18.4. The molecule has 0 spiro atoms. The fourth-order valence-electron chi connectivity index (χ4n) is 6.19. The van der Waals surface area contributed by atoms with Crippen LogP contribution in [0.2, 0.25) is 5.02 Å². The molecule has 2 aliphatic carbocycles. The van der Waals surface area contributed by atoms with Gasteiger partial charge in [0.2, 0.25) is 0 Å². The summed E-state index contributed by atoms with van der Waals surface area (Å²) in [7, 11) is 3.20. The molecular weight excluding hydrogens is 502 g/mol. The lowest BCUT2D eigenvalue weighted by molar-refractivity contribution is -0.153. The van der Waals surface area contributed by atoms with Gasteiger partial charge in [0, 0.05) is 34.3 Å². The van der Waals surface area contributed by atoms with Gasteiger partial charge in [-0.1, -0.05) is 42.3 Å². The van der Waals surface area contributed by atoms with Crippen LogP contribution in [0, 0.1) is 5.92 Å². The molecule has 0 saturated heterocycles. The van der Waals surface area contributed by atoms with Crippen molar-refractivity contribution in [3.8, 4) is 11.5 Å². The third kappa shape index (κ3) is 5.11. The zero-order chi connectivity index (χ0) is 26.8. The highest BCUT2D eigenvalue weighted by Crippen LogP contribution is 2.49. The van der Waals surface area contributed by atoms with Crippen molar-refractivity contribution in [2.75, 3.05) is 14.2 Å². The summed E-state index contributed by atoms with van der Waals surface area (Å²) in [5.41, 5.74) is 3.73. The van der Waals surface area contributed by atoms with Gasteiger partial charge in [-0.05, 0) is 74.3 Å². The van der Waals surface area contributed by atoms with E-state index in [-0.39, 0.29) is 23.8 Å². The number of esters is 1. The van der Waals surface area contributed by atoms with E-state index < -0.39 is 11.8 Å². The van der Waals surface area contributed by atoms with Crippen LogP contribution in [0.4, 0.5) is 0 Å². The Hall–Kier alpha value is -3.12. The number of carbonyl (C=O) groups is 2. The number of benzene rings is 2. The van der Waals surface area contributed by atoms with Gasteiger partial charge in [0.15, 0.2) is 17.3 Å². The number of hydrogen-bond acceptors (Lipinski definition) is 6. The standard InChI is InChI=1S/C31H34ClNO5/c1-18-28(31(35)38-21-9-5-4-6-10-21)29(22-11-7-8-12-23(22)32)30-24(33-18)15-20(16-25(30)34)19-13-14-26(36-2)27(17-19)37-3/h7-8,11-14,17,20-21,28-29H,4-6,9-10,15-16H2,1-3H3/t20-,28?,29+/m1/s1. The molecule has 7 heteroatoms. The van der Waals surface area contributed by atoms with Crippen molar-refractivity contribution in [2.45, 2.75) is 69.8 Å². The van der Waals surface area contributed by atoms with Gasteiger partial charge in [0.05, 0.1) is 14.2 Å². The summed E-state index contributed by atoms with van der Waals surface area (Å²) in [5.74, 6) is -0.325. The highest BCUT2D eigenvalue weighted by Gasteiger charge is 2.46. The lowest BCUT2D eigenvalue weighted by atomic mass is 9.69. The van der Waals surface area contributed by atoms with Crippen molar-refractivity contribution >= 4 is 29.1 Å². The quantitative estimate of drug-likeness (QED) is 0.380. The average Bonchev–Trinajstić information content (AvgIpc) is 2.92.